The Labute approximate surface area is 173 Å². The van der Waals surface area contributed by atoms with Crippen molar-refractivity contribution in [3.05, 3.63) is 76.9 Å². The van der Waals surface area contributed by atoms with Crippen LogP contribution in [0.2, 0.25) is 0 Å². The Kier molecular flexibility index (Phi) is 4.51. The van der Waals surface area contributed by atoms with E-state index >= 15 is 0 Å². The van der Waals surface area contributed by atoms with Gasteiger partial charge in [-0.1, -0.05) is 0 Å². The minimum atomic E-state index is -0.658. The minimum absolute atomic E-state index is 0.103. The van der Waals surface area contributed by atoms with Crippen molar-refractivity contribution in [3.8, 4) is 11.5 Å². The lowest BCUT2D eigenvalue weighted by Gasteiger charge is -2.17. The van der Waals surface area contributed by atoms with Crippen LogP contribution in [0.5, 0.6) is 0 Å². The predicted molar refractivity (Wildman–Crippen MR) is 107 cm³/mol. The maximum atomic E-state index is 13.7. The Morgan fingerprint density at radius 3 is 2.68 bits per heavy atom. The smallest absolute Gasteiger partial charge is 0.328 e. The molecular weight excluding hydrogens is 408 g/mol. The molecule has 0 aromatic carbocycles. The van der Waals surface area contributed by atoms with Gasteiger partial charge in [0, 0.05) is 13.3 Å². The molecule has 156 valence electrons. The molecule has 5 heterocycles. The van der Waals surface area contributed by atoms with Gasteiger partial charge < -0.3 is 9.72 Å². The largest absolute Gasteiger partial charge is 0.382 e. The minimum Gasteiger partial charge on any atom is -0.382 e. The number of nitrogens with zero attached hydrogens (tertiary/aromatic N) is 6. The average Bonchev–Trinajstić information content (AvgIpc) is 3.32. The Morgan fingerprint density at radius 1 is 1.06 bits per heavy atom. The Balaban J connectivity index is 1.70. The summed E-state index contributed by atoms with van der Waals surface area (Å²) in [6.45, 7) is 0.103. The number of aromatic nitrogens is 7. The predicted octanol–water partition coefficient (Wildman–Crippen LogP) is 2.34. The number of hydrogen-bond acceptors (Lipinski definition) is 6. The van der Waals surface area contributed by atoms with Crippen LogP contribution in [0.1, 0.15) is 11.7 Å². The second-order valence-corrected chi connectivity index (χ2v) is 6.82. The summed E-state index contributed by atoms with van der Waals surface area (Å²) in [7, 11) is 1.49. The second kappa shape index (κ2) is 7.36. The third kappa shape index (κ3) is 3.24. The van der Waals surface area contributed by atoms with Gasteiger partial charge in [-0.3, -0.25) is 14.0 Å². The van der Waals surface area contributed by atoms with Crippen molar-refractivity contribution in [1.82, 2.24) is 33.9 Å². The van der Waals surface area contributed by atoms with Gasteiger partial charge in [0.2, 0.25) is 0 Å². The lowest BCUT2D eigenvalue weighted by atomic mass is 10.2. The Morgan fingerprint density at radius 2 is 1.90 bits per heavy atom. The molecule has 0 radical (unpaired) electrons. The summed E-state index contributed by atoms with van der Waals surface area (Å²) in [4.78, 5) is 32.7. The molecule has 0 aliphatic carbocycles. The SMILES string of the molecule is COCC(c1ccc(F)cn1)n1c(=O)[nH]c2cnc(-c3cnc4ccc(F)cn34)nc21. The van der Waals surface area contributed by atoms with Crippen LogP contribution in [-0.2, 0) is 4.74 Å². The molecule has 1 unspecified atom stereocenters. The van der Waals surface area contributed by atoms with E-state index in [4.69, 9.17) is 4.74 Å². The number of H-pyrrole nitrogens is 1. The number of halogens is 2. The summed E-state index contributed by atoms with van der Waals surface area (Å²) in [5.74, 6) is -0.675. The van der Waals surface area contributed by atoms with E-state index < -0.39 is 23.4 Å². The van der Waals surface area contributed by atoms with Gasteiger partial charge in [-0.15, -0.1) is 0 Å². The lowest BCUT2D eigenvalue weighted by Crippen LogP contribution is -2.27. The number of imidazole rings is 2. The topological polar surface area (TPSA) is 103 Å². The zero-order valence-electron chi connectivity index (χ0n) is 16.2. The zero-order valence-corrected chi connectivity index (χ0v) is 16.2. The molecule has 0 saturated carbocycles. The number of pyridine rings is 2. The van der Waals surface area contributed by atoms with E-state index in [1.807, 2.05) is 0 Å². The van der Waals surface area contributed by atoms with Gasteiger partial charge in [0.15, 0.2) is 11.5 Å². The maximum Gasteiger partial charge on any atom is 0.328 e. The molecule has 0 aliphatic heterocycles. The van der Waals surface area contributed by atoms with Crippen molar-refractivity contribution in [2.75, 3.05) is 13.7 Å². The Bertz CT molecular complexity index is 1460. The van der Waals surface area contributed by atoms with Gasteiger partial charge in [-0.2, -0.15) is 0 Å². The van der Waals surface area contributed by atoms with Crippen molar-refractivity contribution in [2.45, 2.75) is 6.04 Å². The lowest BCUT2D eigenvalue weighted by molar-refractivity contribution is 0.168. The molecule has 5 rings (SSSR count). The Hall–Kier alpha value is -3.99. The van der Waals surface area contributed by atoms with E-state index in [-0.39, 0.29) is 12.4 Å². The van der Waals surface area contributed by atoms with Gasteiger partial charge >= 0.3 is 5.69 Å². The van der Waals surface area contributed by atoms with E-state index in [1.54, 1.807) is 6.07 Å². The highest BCUT2D eigenvalue weighted by Crippen LogP contribution is 2.23. The quantitative estimate of drug-likeness (QED) is 0.466. The molecule has 0 bridgehead atoms. The first kappa shape index (κ1) is 19.0. The maximum absolute atomic E-state index is 13.7. The van der Waals surface area contributed by atoms with Crippen LogP contribution in [0.25, 0.3) is 28.3 Å². The summed E-state index contributed by atoms with van der Waals surface area (Å²) >= 11 is 0. The molecule has 0 spiro atoms. The van der Waals surface area contributed by atoms with E-state index in [0.29, 0.717) is 28.2 Å². The summed E-state index contributed by atoms with van der Waals surface area (Å²) in [6, 6.07) is 4.94. The van der Waals surface area contributed by atoms with Gasteiger partial charge in [-0.25, -0.2) is 28.5 Å². The van der Waals surface area contributed by atoms with E-state index in [1.165, 1.54) is 52.9 Å². The van der Waals surface area contributed by atoms with Crippen molar-refractivity contribution in [1.29, 1.82) is 0 Å². The van der Waals surface area contributed by atoms with Gasteiger partial charge in [0.25, 0.3) is 0 Å². The van der Waals surface area contributed by atoms with Crippen LogP contribution in [0.15, 0.2) is 53.8 Å². The molecule has 1 N–H and O–H groups in total. The van der Waals surface area contributed by atoms with Crippen LogP contribution in [0, 0.1) is 11.6 Å². The molecule has 31 heavy (non-hydrogen) atoms. The molecule has 11 heteroatoms. The fourth-order valence-electron chi connectivity index (χ4n) is 3.48. The summed E-state index contributed by atoms with van der Waals surface area (Å²) in [5, 5.41) is 0. The zero-order chi connectivity index (χ0) is 21.5. The van der Waals surface area contributed by atoms with E-state index in [0.717, 1.165) is 6.20 Å². The first-order valence-electron chi connectivity index (χ1n) is 9.26. The van der Waals surface area contributed by atoms with Crippen molar-refractivity contribution >= 4 is 16.8 Å². The average molecular weight is 423 g/mol. The number of hydrogen-bond donors (Lipinski definition) is 1. The molecule has 0 fully saturated rings. The summed E-state index contributed by atoms with van der Waals surface area (Å²) in [6.07, 6.45) is 5.35. The van der Waals surface area contributed by atoms with Crippen molar-refractivity contribution < 1.29 is 13.5 Å². The van der Waals surface area contributed by atoms with Crippen LogP contribution in [0.3, 0.4) is 0 Å². The third-order valence-corrected chi connectivity index (χ3v) is 4.88. The first-order chi connectivity index (χ1) is 15.0. The molecule has 0 amide bonds. The molecule has 1 atom stereocenters. The van der Waals surface area contributed by atoms with Crippen LogP contribution in [0.4, 0.5) is 8.78 Å². The normalized spacial score (nSPS) is 12.6. The summed E-state index contributed by atoms with van der Waals surface area (Å²) < 4.78 is 35.3. The number of ether oxygens (including phenoxy) is 1. The highest BCUT2D eigenvalue weighted by atomic mass is 19.1. The van der Waals surface area contributed by atoms with E-state index in [2.05, 4.69) is 24.9 Å². The summed E-state index contributed by atoms with van der Waals surface area (Å²) in [5.41, 5.74) is 1.67. The number of rotatable bonds is 5. The van der Waals surface area contributed by atoms with Crippen molar-refractivity contribution in [2.24, 2.45) is 0 Å². The third-order valence-electron chi connectivity index (χ3n) is 4.88. The molecular formula is C20H15F2N7O2. The molecule has 5 aromatic rings. The van der Waals surface area contributed by atoms with E-state index in [9.17, 15) is 13.6 Å². The number of nitrogens with one attached hydrogen (secondary N) is 1. The number of aromatic amines is 1. The van der Waals surface area contributed by atoms with Crippen LogP contribution >= 0.6 is 0 Å². The molecule has 5 aromatic heterocycles. The molecule has 0 saturated heterocycles. The number of methoxy groups -OCH3 is 1. The number of fused-ring (bicyclic) bond motifs is 2. The molecule has 9 nitrogen and oxygen atoms in total. The van der Waals surface area contributed by atoms with Gasteiger partial charge in [0.05, 0.1) is 30.9 Å². The van der Waals surface area contributed by atoms with Crippen molar-refractivity contribution in [3.63, 3.8) is 0 Å². The second-order valence-electron chi connectivity index (χ2n) is 6.82. The van der Waals surface area contributed by atoms with Gasteiger partial charge in [-0.05, 0) is 24.3 Å². The standard InChI is InChI=1S/C20H15F2N7O2/c1-31-10-16(13-4-2-11(21)6-23-13)29-19-14(26-20(29)30)7-25-18(27-19)15-8-24-17-5-3-12(22)9-28(15)17/h2-9,16H,10H2,1H3,(H,26,30). The highest BCUT2D eigenvalue weighted by Gasteiger charge is 2.23. The molecule has 0 aliphatic rings. The monoisotopic (exact) mass is 423 g/mol. The fourth-order valence-corrected chi connectivity index (χ4v) is 3.48. The highest BCUT2D eigenvalue weighted by molar-refractivity contribution is 5.73. The van der Waals surface area contributed by atoms with Crippen LogP contribution < -0.4 is 5.69 Å². The van der Waals surface area contributed by atoms with Gasteiger partial charge in [0.1, 0.15) is 34.5 Å². The van der Waals surface area contributed by atoms with Crippen LogP contribution in [-0.4, -0.2) is 47.6 Å². The first-order valence-corrected chi connectivity index (χ1v) is 9.26. The fraction of sp³-hybridized carbons (Fsp3) is 0.150.